The van der Waals surface area contributed by atoms with Crippen molar-refractivity contribution in [3.05, 3.63) is 58.7 Å². The van der Waals surface area contributed by atoms with Crippen molar-refractivity contribution in [3.63, 3.8) is 0 Å². The number of rotatable bonds is 5. The van der Waals surface area contributed by atoms with Crippen LogP contribution in [0.25, 0.3) is 10.2 Å². The molecule has 0 aliphatic rings. The summed E-state index contributed by atoms with van der Waals surface area (Å²) >= 11 is 7.54. The summed E-state index contributed by atoms with van der Waals surface area (Å²) < 4.78 is 0.928. The highest BCUT2D eigenvalue weighted by molar-refractivity contribution is 7.17. The number of hydrogen-bond acceptors (Lipinski definition) is 5. The SMILES string of the molecule is C=CC(=O)Cc1ccc(C)cc1Nc1nc(Cl)nc2ccsc12. The molecule has 4 nitrogen and oxygen atoms in total. The van der Waals surface area contributed by atoms with Crippen molar-refractivity contribution < 1.29 is 4.79 Å². The Labute approximate surface area is 142 Å². The van der Waals surface area contributed by atoms with Crippen LogP contribution in [0, 0.1) is 6.92 Å². The van der Waals surface area contributed by atoms with Crippen LogP contribution in [0.5, 0.6) is 0 Å². The molecule has 0 aliphatic heterocycles. The van der Waals surface area contributed by atoms with Gasteiger partial charge >= 0.3 is 0 Å². The van der Waals surface area contributed by atoms with Gasteiger partial charge in [-0.05, 0) is 53.2 Å². The number of aryl methyl sites for hydroxylation is 1. The molecule has 3 rings (SSSR count). The van der Waals surface area contributed by atoms with Gasteiger partial charge in [-0.1, -0.05) is 18.7 Å². The molecule has 0 amide bonds. The number of hydrogen-bond donors (Lipinski definition) is 1. The number of anilines is 2. The summed E-state index contributed by atoms with van der Waals surface area (Å²) in [5.74, 6) is 0.617. The lowest BCUT2D eigenvalue weighted by molar-refractivity contribution is -0.114. The predicted octanol–water partition coefficient (Wildman–Crippen LogP) is 4.69. The molecule has 116 valence electrons. The largest absolute Gasteiger partial charge is 0.339 e. The summed E-state index contributed by atoms with van der Waals surface area (Å²) in [6, 6.07) is 7.80. The Morgan fingerprint density at radius 1 is 1.39 bits per heavy atom. The summed E-state index contributed by atoms with van der Waals surface area (Å²) in [4.78, 5) is 20.2. The molecule has 0 bridgehead atoms. The number of halogens is 1. The first-order valence-electron chi connectivity index (χ1n) is 6.99. The number of carbonyl (C=O) groups is 1. The fourth-order valence-corrected chi connectivity index (χ4v) is 3.22. The zero-order chi connectivity index (χ0) is 16.4. The zero-order valence-electron chi connectivity index (χ0n) is 12.5. The van der Waals surface area contributed by atoms with Gasteiger partial charge in [0, 0.05) is 12.1 Å². The number of ketones is 1. The van der Waals surface area contributed by atoms with E-state index in [0.29, 0.717) is 12.2 Å². The molecule has 1 N–H and O–H groups in total. The molecule has 0 spiro atoms. The number of nitrogens with zero attached hydrogens (tertiary/aromatic N) is 2. The summed E-state index contributed by atoms with van der Waals surface area (Å²) in [6.07, 6.45) is 1.63. The predicted molar refractivity (Wildman–Crippen MR) is 95.8 cm³/mol. The Morgan fingerprint density at radius 2 is 2.22 bits per heavy atom. The van der Waals surface area contributed by atoms with Gasteiger partial charge < -0.3 is 5.32 Å². The molecular weight excluding hydrogens is 330 g/mol. The van der Waals surface area contributed by atoms with Crippen LogP contribution in [0.4, 0.5) is 11.5 Å². The number of benzene rings is 1. The van der Waals surface area contributed by atoms with Crippen LogP contribution in [-0.4, -0.2) is 15.8 Å². The van der Waals surface area contributed by atoms with Gasteiger partial charge in [-0.25, -0.2) is 4.98 Å². The Hall–Kier alpha value is -2.24. The van der Waals surface area contributed by atoms with E-state index in [9.17, 15) is 4.79 Å². The third-order valence-corrected chi connectivity index (χ3v) is 4.47. The molecule has 0 aliphatic carbocycles. The molecule has 0 unspecified atom stereocenters. The molecule has 2 aromatic heterocycles. The summed E-state index contributed by atoms with van der Waals surface area (Å²) in [5.41, 5.74) is 3.61. The van der Waals surface area contributed by atoms with E-state index < -0.39 is 0 Å². The highest BCUT2D eigenvalue weighted by atomic mass is 35.5. The van der Waals surface area contributed by atoms with Gasteiger partial charge in [0.25, 0.3) is 0 Å². The van der Waals surface area contributed by atoms with E-state index in [0.717, 1.165) is 27.0 Å². The third kappa shape index (κ3) is 3.41. The smallest absolute Gasteiger partial charge is 0.224 e. The molecule has 0 radical (unpaired) electrons. The Kier molecular flexibility index (Phi) is 4.41. The molecule has 1 aromatic carbocycles. The van der Waals surface area contributed by atoms with Crippen molar-refractivity contribution in [1.82, 2.24) is 9.97 Å². The highest BCUT2D eigenvalue weighted by Crippen LogP contribution is 2.31. The highest BCUT2D eigenvalue weighted by Gasteiger charge is 2.12. The molecule has 2 heterocycles. The first-order valence-corrected chi connectivity index (χ1v) is 8.25. The van der Waals surface area contributed by atoms with Gasteiger partial charge in [0.15, 0.2) is 11.6 Å². The monoisotopic (exact) mass is 343 g/mol. The summed E-state index contributed by atoms with van der Waals surface area (Å²) in [7, 11) is 0. The van der Waals surface area contributed by atoms with Crippen LogP contribution in [0.3, 0.4) is 0 Å². The maximum absolute atomic E-state index is 11.7. The van der Waals surface area contributed by atoms with E-state index in [1.165, 1.54) is 6.08 Å². The fourth-order valence-electron chi connectivity index (χ4n) is 2.27. The van der Waals surface area contributed by atoms with Gasteiger partial charge in [-0.3, -0.25) is 4.79 Å². The van der Waals surface area contributed by atoms with E-state index in [2.05, 4.69) is 21.9 Å². The Bertz CT molecular complexity index is 904. The Balaban J connectivity index is 2.04. The van der Waals surface area contributed by atoms with Crippen molar-refractivity contribution in [2.24, 2.45) is 0 Å². The minimum atomic E-state index is -0.0288. The van der Waals surface area contributed by atoms with E-state index >= 15 is 0 Å². The second-order valence-corrected chi connectivity index (χ2v) is 6.36. The quantitative estimate of drug-likeness (QED) is 0.539. The van der Waals surface area contributed by atoms with Crippen LogP contribution in [0.1, 0.15) is 11.1 Å². The lowest BCUT2D eigenvalue weighted by Crippen LogP contribution is -2.04. The fraction of sp³-hybridized carbons (Fsp3) is 0.118. The molecule has 3 aromatic rings. The topological polar surface area (TPSA) is 54.9 Å². The molecule has 0 saturated carbocycles. The average molecular weight is 344 g/mol. The number of nitrogens with one attached hydrogen (secondary N) is 1. The molecule has 0 atom stereocenters. The van der Waals surface area contributed by atoms with E-state index in [1.54, 1.807) is 11.3 Å². The van der Waals surface area contributed by atoms with Crippen LogP contribution < -0.4 is 5.32 Å². The van der Waals surface area contributed by atoms with E-state index in [1.807, 2.05) is 36.6 Å². The average Bonchev–Trinajstić information content (AvgIpc) is 2.98. The number of allylic oxidation sites excluding steroid dienone is 1. The molecule has 0 saturated heterocycles. The minimum Gasteiger partial charge on any atom is -0.339 e. The van der Waals surface area contributed by atoms with Gasteiger partial charge in [0.05, 0.1) is 10.2 Å². The third-order valence-electron chi connectivity index (χ3n) is 3.39. The first-order chi connectivity index (χ1) is 11.1. The zero-order valence-corrected chi connectivity index (χ0v) is 14.0. The number of aromatic nitrogens is 2. The maximum atomic E-state index is 11.7. The van der Waals surface area contributed by atoms with E-state index in [-0.39, 0.29) is 11.1 Å². The van der Waals surface area contributed by atoms with Crippen LogP contribution in [-0.2, 0) is 11.2 Å². The van der Waals surface area contributed by atoms with Crippen molar-refractivity contribution in [1.29, 1.82) is 0 Å². The number of fused-ring (bicyclic) bond motifs is 1. The van der Waals surface area contributed by atoms with Crippen LogP contribution in [0.15, 0.2) is 42.3 Å². The molecule has 6 heteroatoms. The van der Waals surface area contributed by atoms with Crippen molar-refractivity contribution in [2.45, 2.75) is 13.3 Å². The van der Waals surface area contributed by atoms with Crippen molar-refractivity contribution in [3.8, 4) is 0 Å². The lowest BCUT2D eigenvalue weighted by Gasteiger charge is -2.12. The Morgan fingerprint density at radius 3 is 3.00 bits per heavy atom. The van der Waals surface area contributed by atoms with Gasteiger partial charge in [0.2, 0.25) is 5.28 Å². The van der Waals surface area contributed by atoms with Crippen molar-refractivity contribution in [2.75, 3.05) is 5.32 Å². The number of thiophene rings is 1. The van der Waals surface area contributed by atoms with Gasteiger partial charge in [0.1, 0.15) is 0 Å². The molecular formula is C17H14ClN3OS. The summed E-state index contributed by atoms with van der Waals surface area (Å²) in [6.45, 7) is 5.53. The number of carbonyl (C=O) groups excluding carboxylic acids is 1. The second kappa shape index (κ2) is 6.48. The second-order valence-electron chi connectivity index (χ2n) is 5.11. The maximum Gasteiger partial charge on any atom is 0.224 e. The van der Waals surface area contributed by atoms with Gasteiger partial charge in [-0.2, -0.15) is 4.98 Å². The molecule has 23 heavy (non-hydrogen) atoms. The lowest BCUT2D eigenvalue weighted by atomic mass is 10.0. The summed E-state index contributed by atoms with van der Waals surface area (Å²) in [5, 5.41) is 5.43. The minimum absolute atomic E-state index is 0.0288. The van der Waals surface area contributed by atoms with Crippen LogP contribution >= 0.6 is 22.9 Å². The van der Waals surface area contributed by atoms with Gasteiger partial charge in [-0.15, -0.1) is 11.3 Å². The van der Waals surface area contributed by atoms with Crippen molar-refractivity contribution >= 4 is 50.4 Å². The first kappa shape index (κ1) is 15.6. The standard InChI is InChI=1S/C17H14ClN3OS/c1-3-12(22)9-11-5-4-10(2)8-14(11)19-16-15-13(6-7-23-15)20-17(18)21-16/h3-8H,1,9H2,2H3,(H,19,20,21). The van der Waals surface area contributed by atoms with E-state index in [4.69, 9.17) is 11.6 Å². The normalized spacial score (nSPS) is 10.7. The van der Waals surface area contributed by atoms with Crippen LogP contribution in [0.2, 0.25) is 5.28 Å². The molecule has 0 fully saturated rings.